The minimum absolute atomic E-state index is 0.0149. The van der Waals surface area contributed by atoms with Crippen LogP contribution in [0.4, 0.5) is 5.82 Å². The number of fused-ring (bicyclic) bond motifs is 1. The van der Waals surface area contributed by atoms with Crippen LogP contribution in [0.5, 0.6) is 0 Å². The third-order valence-corrected chi connectivity index (χ3v) is 2.01. The number of anilines is 1. The first kappa shape index (κ1) is 10.2. The third kappa shape index (κ3) is 2.00. The van der Waals surface area contributed by atoms with E-state index in [4.69, 9.17) is 5.11 Å². The summed E-state index contributed by atoms with van der Waals surface area (Å²) in [6.07, 6.45) is 0. The number of H-pyrrole nitrogens is 1. The maximum absolute atomic E-state index is 11.5. The molecule has 0 saturated carbocycles. The van der Waals surface area contributed by atoms with E-state index in [1.54, 1.807) is 24.3 Å². The standard InChI is InChI=1S/C10H9N3O3/c14-8(15)5-11-9-10(16)13-7-4-2-1-3-6(7)12-9/h1-4H,5H2,(H,11,12)(H,13,16)(H,14,15). The van der Waals surface area contributed by atoms with Crippen LogP contribution in [0.1, 0.15) is 0 Å². The summed E-state index contributed by atoms with van der Waals surface area (Å²) in [6.45, 7) is -0.339. The monoisotopic (exact) mass is 219 g/mol. The van der Waals surface area contributed by atoms with E-state index in [9.17, 15) is 9.59 Å². The number of hydrogen-bond acceptors (Lipinski definition) is 4. The van der Waals surface area contributed by atoms with Gasteiger partial charge < -0.3 is 15.4 Å². The van der Waals surface area contributed by atoms with Gasteiger partial charge in [-0.05, 0) is 12.1 Å². The molecule has 0 aliphatic rings. The van der Waals surface area contributed by atoms with Crippen LogP contribution in [0, 0.1) is 0 Å². The van der Waals surface area contributed by atoms with E-state index in [1.807, 2.05) is 0 Å². The summed E-state index contributed by atoms with van der Waals surface area (Å²) in [5.74, 6) is -1.03. The number of benzene rings is 1. The molecule has 0 amide bonds. The molecular weight excluding hydrogens is 210 g/mol. The lowest BCUT2D eigenvalue weighted by atomic mass is 10.3. The van der Waals surface area contributed by atoms with E-state index in [2.05, 4.69) is 15.3 Å². The quantitative estimate of drug-likeness (QED) is 0.695. The van der Waals surface area contributed by atoms with Crippen molar-refractivity contribution < 1.29 is 9.90 Å². The molecule has 1 aromatic heterocycles. The highest BCUT2D eigenvalue weighted by Crippen LogP contribution is 2.07. The lowest BCUT2D eigenvalue weighted by molar-refractivity contribution is -0.134. The summed E-state index contributed by atoms with van der Waals surface area (Å²) in [6, 6.07) is 7.03. The second-order valence-corrected chi connectivity index (χ2v) is 3.18. The fourth-order valence-corrected chi connectivity index (χ4v) is 1.31. The smallest absolute Gasteiger partial charge is 0.322 e. The zero-order valence-electron chi connectivity index (χ0n) is 8.23. The van der Waals surface area contributed by atoms with Gasteiger partial charge in [0, 0.05) is 0 Å². The van der Waals surface area contributed by atoms with Crippen LogP contribution in [0.2, 0.25) is 0 Å². The first-order valence-corrected chi connectivity index (χ1v) is 4.61. The van der Waals surface area contributed by atoms with Crippen LogP contribution in [0.3, 0.4) is 0 Å². The number of carboxylic acid groups (broad SMARTS) is 1. The minimum atomic E-state index is -1.05. The molecule has 6 nitrogen and oxygen atoms in total. The number of para-hydroxylation sites is 2. The molecule has 82 valence electrons. The lowest BCUT2D eigenvalue weighted by Gasteiger charge is -2.02. The van der Waals surface area contributed by atoms with Crippen LogP contribution in [-0.2, 0) is 4.79 Å². The minimum Gasteiger partial charge on any atom is -0.480 e. The van der Waals surface area contributed by atoms with Gasteiger partial charge in [0.2, 0.25) is 0 Å². The Balaban J connectivity index is 2.42. The van der Waals surface area contributed by atoms with Gasteiger partial charge in [-0.3, -0.25) is 9.59 Å². The van der Waals surface area contributed by atoms with Gasteiger partial charge in [0.1, 0.15) is 6.54 Å². The molecule has 0 atom stereocenters. The fourth-order valence-electron chi connectivity index (χ4n) is 1.31. The molecule has 6 heteroatoms. The zero-order valence-corrected chi connectivity index (χ0v) is 8.23. The highest BCUT2D eigenvalue weighted by molar-refractivity contribution is 5.76. The Hall–Kier alpha value is -2.37. The molecule has 0 fully saturated rings. The van der Waals surface area contributed by atoms with Crippen molar-refractivity contribution in [3.8, 4) is 0 Å². The van der Waals surface area contributed by atoms with E-state index in [0.29, 0.717) is 11.0 Å². The van der Waals surface area contributed by atoms with Gasteiger partial charge in [-0.2, -0.15) is 0 Å². The number of aromatic amines is 1. The van der Waals surface area contributed by atoms with Gasteiger partial charge in [-0.1, -0.05) is 12.1 Å². The van der Waals surface area contributed by atoms with E-state index in [-0.39, 0.29) is 12.4 Å². The number of hydrogen-bond donors (Lipinski definition) is 3. The van der Waals surface area contributed by atoms with Gasteiger partial charge in [0.05, 0.1) is 11.0 Å². The van der Waals surface area contributed by atoms with Gasteiger partial charge in [-0.15, -0.1) is 0 Å². The van der Waals surface area contributed by atoms with Gasteiger partial charge in [0.25, 0.3) is 5.56 Å². The number of nitrogens with zero attached hydrogens (tertiary/aromatic N) is 1. The van der Waals surface area contributed by atoms with Crippen LogP contribution in [0.25, 0.3) is 11.0 Å². The van der Waals surface area contributed by atoms with Crippen molar-refractivity contribution in [1.82, 2.24) is 9.97 Å². The molecular formula is C10H9N3O3. The van der Waals surface area contributed by atoms with E-state index >= 15 is 0 Å². The van der Waals surface area contributed by atoms with Crippen LogP contribution >= 0.6 is 0 Å². The molecule has 0 spiro atoms. The number of carbonyl (C=O) groups is 1. The van der Waals surface area contributed by atoms with Crippen LogP contribution in [0.15, 0.2) is 29.1 Å². The average Bonchev–Trinajstić information content (AvgIpc) is 2.26. The molecule has 0 aliphatic heterocycles. The van der Waals surface area contributed by atoms with E-state index in [0.717, 1.165) is 0 Å². The normalized spacial score (nSPS) is 10.2. The number of rotatable bonds is 3. The second kappa shape index (κ2) is 4.01. The Morgan fingerprint density at radius 2 is 2.19 bits per heavy atom. The lowest BCUT2D eigenvalue weighted by Crippen LogP contribution is -2.21. The molecule has 0 unspecified atom stereocenters. The maximum atomic E-state index is 11.5. The van der Waals surface area contributed by atoms with Crippen molar-refractivity contribution in [2.24, 2.45) is 0 Å². The van der Waals surface area contributed by atoms with Crippen molar-refractivity contribution >= 4 is 22.8 Å². The summed E-state index contributed by atoms with van der Waals surface area (Å²) in [7, 11) is 0. The van der Waals surface area contributed by atoms with E-state index < -0.39 is 11.5 Å². The largest absolute Gasteiger partial charge is 0.480 e. The van der Waals surface area contributed by atoms with E-state index in [1.165, 1.54) is 0 Å². The third-order valence-electron chi connectivity index (χ3n) is 2.01. The van der Waals surface area contributed by atoms with Crippen molar-refractivity contribution in [2.75, 3.05) is 11.9 Å². The molecule has 0 bridgehead atoms. The Morgan fingerprint density at radius 3 is 2.94 bits per heavy atom. The molecule has 2 rings (SSSR count). The SMILES string of the molecule is O=C(O)CNc1nc2ccccc2[nH]c1=O. The van der Waals surface area contributed by atoms with Crippen molar-refractivity contribution in [1.29, 1.82) is 0 Å². The number of carboxylic acids is 1. The summed E-state index contributed by atoms with van der Waals surface area (Å²) in [4.78, 5) is 28.5. The molecule has 3 N–H and O–H groups in total. The molecule has 0 saturated heterocycles. The number of aromatic nitrogens is 2. The van der Waals surface area contributed by atoms with Crippen molar-refractivity contribution in [2.45, 2.75) is 0 Å². The highest BCUT2D eigenvalue weighted by Gasteiger charge is 2.05. The zero-order chi connectivity index (χ0) is 11.5. The Bertz CT molecular complexity index is 591. The van der Waals surface area contributed by atoms with Crippen LogP contribution in [-0.4, -0.2) is 27.6 Å². The maximum Gasteiger partial charge on any atom is 0.322 e. The molecule has 1 aromatic carbocycles. The summed E-state index contributed by atoms with van der Waals surface area (Å²) >= 11 is 0. The van der Waals surface area contributed by atoms with Gasteiger partial charge in [-0.25, -0.2) is 4.98 Å². The summed E-state index contributed by atoms with van der Waals surface area (Å²) in [5, 5.41) is 10.9. The molecule has 16 heavy (non-hydrogen) atoms. The predicted molar refractivity (Wildman–Crippen MR) is 58.5 cm³/mol. The molecule has 1 heterocycles. The van der Waals surface area contributed by atoms with Gasteiger partial charge in [0.15, 0.2) is 5.82 Å². The first-order chi connectivity index (χ1) is 7.66. The average molecular weight is 219 g/mol. The van der Waals surface area contributed by atoms with Gasteiger partial charge >= 0.3 is 5.97 Å². The topological polar surface area (TPSA) is 95.1 Å². The molecule has 0 radical (unpaired) electrons. The number of aliphatic carboxylic acids is 1. The molecule has 2 aromatic rings. The Kier molecular flexibility index (Phi) is 2.55. The Labute approximate surface area is 89.9 Å². The summed E-state index contributed by atoms with van der Waals surface area (Å²) < 4.78 is 0. The summed E-state index contributed by atoms with van der Waals surface area (Å²) in [5.41, 5.74) is 0.795. The fraction of sp³-hybridized carbons (Fsp3) is 0.100. The second-order valence-electron chi connectivity index (χ2n) is 3.18. The molecule has 0 aliphatic carbocycles. The number of nitrogens with one attached hydrogen (secondary N) is 2. The predicted octanol–water partition coefficient (Wildman–Crippen LogP) is 0.420. The van der Waals surface area contributed by atoms with Crippen LogP contribution < -0.4 is 10.9 Å². The first-order valence-electron chi connectivity index (χ1n) is 4.61. The Morgan fingerprint density at radius 1 is 1.44 bits per heavy atom. The van der Waals surface area contributed by atoms with Crippen molar-refractivity contribution in [3.63, 3.8) is 0 Å². The highest BCUT2D eigenvalue weighted by atomic mass is 16.4. The van der Waals surface area contributed by atoms with Crippen molar-refractivity contribution in [3.05, 3.63) is 34.6 Å².